The molecule has 1 aliphatic rings. The maximum Gasteiger partial charge on any atom is 0.100 e. The van der Waals surface area contributed by atoms with Gasteiger partial charge in [-0.05, 0) is 18.8 Å². The van der Waals surface area contributed by atoms with E-state index in [1.807, 2.05) is 0 Å². The molecule has 0 aliphatic carbocycles. The van der Waals surface area contributed by atoms with Gasteiger partial charge in [0, 0.05) is 20.3 Å². The summed E-state index contributed by atoms with van der Waals surface area (Å²) >= 11 is 0. The molecule has 1 saturated heterocycles. The fourth-order valence-corrected chi connectivity index (χ4v) is 1.84. The van der Waals surface area contributed by atoms with E-state index >= 15 is 0 Å². The molecule has 0 aromatic carbocycles. The molecule has 5 heteroatoms. The lowest BCUT2D eigenvalue weighted by Gasteiger charge is -2.26. The summed E-state index contributed by atoms with van der Waals surface area (Å²) < 4.78 is 6.87. The summed E-state index contributed by atoms with van der Waals surface area (Å²) in [7, 11) is 1.80. The van der Waals surface area contributed by atoms with E-state index in [0.717, 1.165) is 31.7 Å². The monoisotopic (exact) mass is 197 g/mol. The largest absolute Gasteiger partial charge is 0.386 e. The van der Waals surface area contributed by atoms with E-state index in [4.69, 9.17) is 4.74 Å². The van der Waals surface area contributed by atoms with Crippen molar-refractivity contribution >= 4 is 0 Å². The zero-order valence-electron chi connectivity index (χ0n) is 8.26. The Hall–Kier alpha value is -0.940. The molecule has 1 aromatic rings. The van der Waals surface area contributed by atoms with Crippen molar-refractivity contribution in [3.63, 3.8) is 0 Å². The van der Waals surface area contributed by atoms with Gasteiger partial charge in [0.25, 0.3) is 0 Å². The van der Waals surface area contributed by atoms with Crippen molar-refractivity contribution < 1.29 is 9.84 Å². The standard InChI is InChI=1S/C9H15N3O2/c1-12-8(6-10-11-12)9(13)7-2-4-14-5-3-7/h6-7,9,13H,2-5H2,1H3. The van der Waals surface area contributed by atoms with Crippen LogP contribution in [0.3, 0.4) is 0 Å². The summed E-state index contributed by atoms with van der Waals surface area (Å²) in [6, 6.07) is 0. The van der Waals surface area contributed by atoms with Crippen molar-refractivity contribution in [2.24, 2.45) is 13.0 Å². The fraction of sp³-hybridized carbons (Fsp3) is 0.778. The average Bonchev–Trinajstić information content (AvgIpc) is 2.65. The molecule has 1 aliphatic heterocycles. The number of hydrogen-bond donors (Lipinski definition) is 1. The van der Waals surface area contributed by atoms with Crippen LogP contribution < -0.4 is 0 Å². The van der Waals surface area contributed by atoms with Crippen LogP contribution >= 0.6 is 0 Å². The molecule has 2 rings (SSSR count). The molecule has 1 atom stereocenters. The number of aliphatic hydroxyl groups excluding tert-OH is 1. The van der Waals surface area contributed by atoms with Crippen molar-refractivity contribution in [2.45, 2.75) is 18.9 Å². The van der Waals surface area contributed by atoms with E-state index in [2.05, 4.69) is 10.3 Å². The predicted molar refractivity (Wildman–Crippen MR) is 49.5 cm³/mol. The van der Waals surface area contributed by atoms with Crippen LogP contribution in [0.2, 0.25) is 0 Å². The van der Waals surface area contributed by atoms with Gasteiger partial charge in [0.1, 0.15) is 6.10 Å². The molecule has 0 spiro atoms. The predicted octanol–water partition coefficient (Wildman–Crippen LogP) is 0.275. The SMILES string of the molecule is Cn1nncc1C(O)C1CCOCC1. The van der Waals surface area contributed by atoms with Crippen LogP contribution in [0.25, 0.3) is 0 Å². The van der Waals surface area contributed by atoms with E-state index in [1.165, 1.54) is 0 Å². The van der Waals surface area contributed by atoms with Crippen LogP contribution in [-0.4, -0.2) is 33.3 Å². The highest BCUT2D eigenvalue weighted by Crippen LogP contribution is 2.28. The summed E-state index contributed by atoms with van der Waals surface area (Å²) in [5.74, 6) is 0.279. The van der Waals surface area contributed by atoms with E-state index in [9.17, 15) is 5.11 Å². The van der Waals surface area contributed by atoms with Gasteiger partial charge in [0.15, 0.2) is 0 Å². The summed E-state index contributed by atoms with van der Waals surface area (Å²) in [6.45, 7) is 1.49. The van der Waals surface area contributed by atoms with Crippen LogP contribution in [0.4, 0.5) is 0 Å². The van der Waals surface area contributed by atoms with Crippen molar-refractivity contribution in [1.82, 2.24) is 15.0 Å². The zero-order chi connectivity index (χ0) is 9.97. The Kier molecular flexibility index (Phi) is 2.79. The Morgan fingerprint density at radius 3 is 2.86 bits per heavy atom. The topological polar surface area (TPSA) is 60.2 Å². The second kappa shape index (κ2) is 4.06. The molecular formula is C9H15N3O2. The van der Waals surface area contributed by atoms with Crippen molar-refractivity contribution in [3.8, 4) is 0 Å². The Balaban J connectivity index is 2.07. The Morgan fingerprint density at radius 1 is 1.57 bits per heavy atom. The smallest absolute Gasteiger partial charge is 0.100 e. The molecule has 0 saturated carbocycles. The lowest BCUT2D eigenvalue weighted by molar-refractivity contribution is 0.00418. The zero-order valence-corrected chi connectivity index (χ0v) is 8.26. The van der Waals surface area contributed by atoms with Crippen LogP contribution in [-0.2, 0) is 11.8 Å². The first-order valence-electron chi connectivity index (χ1n) is 4.89. The van der Waals surface area contributed by atoms with Crippen LogP contribution in [0.5, 0.6) is 0 Å². The summed E-state index contributed by atoms with van der Waals surface area (Å²) in [6.07, 6.45) is 2.98. The van der Waals surface area contributed by atoms with Gasteiger partial charge in [-0.15, -0.1) is 5.10 Å². The van der Waals surface area contributed by atoms with Crippen molar-refractivity contribution in [3.05, 3.63) is 11.9 Å². The van der Waals surface area contributed by atoms with Crippen LogP contribution in [0.1, 0.15) is 24.6 Å². The van der Waals surface area contributed by atoms with Gasteiger partial charge in [-0.3, -0.25) is 0 Å². The third-order valence-electron chi connectivity index (χ3n) is 2.76. The maximum atomic E-state index is 10.1. The summed E-state index contributed by atoms with van der Waals surface area (Å²) in [5.41, 5.74) is 0.789. The normalized spacial score (nSPS) is 21.0. The van der Waals surface area contributed by atoms with E-state index in [1.54, 1.807) is 17.9 Å². The number of hydrogen-bond acceptors (Lipinski definition) is 4. The van der Waals surface area contributed by atoms with Gasteiger partial charge >= 0.3 is 0 Å². The highest BCUT2D eigenvalue weighted by atomic mass is 16.5. The Labute approximate surface area is 82.7 Å². The van der Waals surface area contributed by atoms with Gasteiger partial charge in [-0.25, -0.2) is 4.68 Å². The Bertz CT molecular complexity index is 294. The third-order valence-corrected chi connectivity index (χ3v) is 2.76. The quantitative estimate of drug-likeness (QED) is 0.739. The molecule has 1 unspecified atom stereocenters. The minimum Gasteiger partial charge on any atom is -0.386 e. The van der Waals surface area contributed by atoms with E-state index in [0.29, 0.717) is 0 Å². The number of aryl methyl sites for hydroxylation is 1. The highest BCUT2D eigenvalue weighted by molar-refractivity contribution is 5.00. The van der Waals surface area contributed by atoms with Gasteiger partial charge in [0.2, 0.25) is 0 Å². The van der Waals surface area contributed by atoms with Crippen molar-refractivity contribution in [1.29, 1.82) is 0 Å². The molecule has 1 N–H and O–H groups in total. The minimum absolute atomic E-state index is 0.279. The number of rotatable bonds is 2. The molecule has 0 radical (unpaired) electrons. The molecule has 78 valence electrons. The van der Waals surface area contributed by atoms with Crippen LogP contribution in [0.15, 0.2) is 6.20 Å². The van der Waals surface area contributed by atoms with Gasteiger partial charge in [-0.1, -0.05) is 5.21 Å². The number of aromatic nitrogens is 3. The molecular weight excluding hydrogens is 182 g/mol. The molecule has 0 bridgehead atoms. The molecule has 1 aromatic heterocycles. The number of aliphatic hydroxyl groups is 1. The maximum absolute atomic E-state index is 10.1. The molecule has 5 nitrogen and oxygen atoms in total. The molecule has 0 amide bonds. The second-order valence-electron chi connectivity index (χ2n) is 3.68. The van der Waals surface area contributed by atoms with Crippen LogP contribution in [0, 0.1) is 5.92 Å². The number of nitrogens with zero attached hydrogens (tertiary/aromatic N) is 3. The first-order valence-corrected chi connectivity index (χ1v) is 4.89. The van der Waals surface area contributed by atoms with Crippen molar-refractivity contribution in [2.75, 3.05) is 13.2 Å². The number of ether oxygens (including phenoxy) is 1. The van der Waals surface area contributed by atoms with E-state index < -0.39 is 6.10 Å². The lowest BCUT2D eigenvalue weighted by atomic mass is 9.92. The highest BCUT2D eigenvalue weighted by Gasteiger charge is 2.25. The van der Waals surface area contributed by atoms with Gasteiger partial charge < -0.3 is 9.84 Å². The van der Waals surface area contributed by atoms with Gasteiger partial charge in [-0.2, -0.15) is 0 Å². The average molecular weight is 197 g/mol. The molecule has 1 fully saturated rings. The first kappa shape index (κ1) is 9.61. The second-order valence-corrected chi connectivity index (χ2v) is 3.68. The van der Waals surface area contributed by atoms with E-state index in [-0.39, 0.29) is 5.92 Å². The molecule has 2 heterocycles. The fourth-order valence-electron chi connectivity index (χ4n) is 1.84. The van der Waals surface area contributed by atoms with Gasteiger partial charge in [0.05, 0.1) is 11.9 Å². The summed E-state index contributed by atoms with van der Waals surface area (Å²) in [4.78, 5) is 0. The first-order chi connectivity index (χ1) is 6.79. The third kappa shape index (κ3) is 1.78. The molecule has 14 heavy (non-hydrogen) atoms. The summed E-state index contributed by atoms with van der Waals surface area (Å²) in [5, 5.41) is 17.6. The minimum atomic E-state index is -0.459. The Morgan fingerprint density at radius 2 is 2.29 bits per heavy atom. The lowest BCUT2D eigenvalue weighted by Crippen LogP contribution is -2.23.